The van der Waals surface area contributed by atoms with E-state index in [1.807, 2.05) is 35.9 Å². The molecule has 0 aliphatic rings. The molecule has 20 heavy (non-hydrogen) atoms. The lowest BCUT2D eigenvalue weighted by molar-refractivity contribution is 0.251. The van der Waals surface area contributed by atoms with Crippen LogP contribution in [0, 0.1) is 0 Å². The standard InChI is InChI=1S/C14H18N4O2/c1-2-20-13-5-3-4-12(10-13)17-14(19)16-7-9-18-8-6-15-11-18/h3-6,8,10-11H,2,7,9H2,1H3,(H2,16,17,19). The van der Waals surface area contributed by atoms with E-state index in [0.717, 1.165) is 5.75 Å². The van der Waals surface area contributed by atoms with Gasteiger partial charge in [0.2, 0.25) is 0 Å². The van der Waals surface area contributed by atoms with E-state index in [1.54, 1.807) is 18.6 Å². The van der Waals surface area contributed by atoms with E-state index in [4.69, 9.17) is 4.74 Å². The van der Waals surface area contributed by atoms with Crippen molar-refractivity contribution < 1.29 is 9.53 Å². The summed E-state index contributed by atoms with van der Waals surface area (Å²) in [6.45, 7) is 3.74. The molecule has 0 radical (unpaired) electrons. The van der Waals surface area contributed by atoms with Crippen molar-refractivity contribution >= 4 is 11.7 Å². The van der Waals surface area contributed by atoms with Crippen molar-refractivity contribution in [3.8, 4) is 5.75 Å². The second kappa shape index (κ2) is 7.18. The Labute approximate surface area is 117 Å². The number of hydrogen-bond acceptors (Lipinski definition) is 3. The van der Waals surface area contributed by atoms with Gasteiger partial charge in [0.05, 0.1) is 12.9 Å². The molecule has 2 amide bonds. The van der Waals surface area contributed by atoms with Gasteiger partial charge in [-0.05, 0) is 19.1 Å². The molecule has 0 unspecified atom stereocenters. The quantitative estimate of drug-likeness (QED) is 0.847. The van der Waals surface area contributed by atoms with E-state index in [9.17, 15) is 4.79 Å². The lowest BCUT2D eigenvalue weighted by Crippen LogP contribution is -2.31. The number of imidazole rings is 1. The molecule has 2 N–H and O–H groups in total. The summed E-state index contributed by atoms with van der Waals surface area (Å²) in [5.41, 5.74) is 0.705. The first kappa shape index (κ1) is 13.9. The van der Waals surface area contributed by atoms with Crippen molar-refractivity contribution in [1.82, 2.24) is 14.9 Å². The molecule has 0 aliphatic carbocycles. The predicted octanol–water partition coefficient (Wildman–Crippen LogP) is 2.10. The first-order valence-corrected chi connectivity index (χ1v) is 6.51. The van der Waals surface area contributed by atoms with Crippen molar-refractivity contribution in [1.29, 1.82) is 0 Å². The van der Waals surface area contributed by atoms with Gasteiger partial charge in [-0.1, -0.05) is 6.07 Å². The number of nitrogens with one attached hydrogen (secondary N) is 2. The van der Waals surface area contributed by atoms with Crippen molar-refractivity contribution in [2.24, 2.45) is 0 Å². The zero-order valence-corrected chi connectivity index (χ0v) is 11.4. The summed E-state index contributed by atoms with van der Waals surface area (Å²) < 4.78 is 7.27. The Bertz CT molecular complexity index is 540. The maximum Gasteiger partial charge on any atom is 0.319 e. The van der Waals surface area contributed by atoms with Crippen molar-refractivity contribution in [2.45, 2.75) is 13.5 Å². The van der Waals surface area contributed by atoms with Crippen LogP contribution >= 0.6 is 0 Å². The Hall–Kier alpha value is -2.50. The summed E-state index contributed by atoms with van der Waals surface area (Å²) in [7, 11) is 0. The number of rotatable bonds is 6. The molecule has 0 atom stereocenters. The Kier molecular flexibility index (Phi) is 5.00. The minimum absolute atomic E-state index is 0.237. The highest BCUT2D eigenvalue weighted by atomic mass is 16.5. The van der Waals surface area contributed by atoms with Crippen LogP contribution < -0.4 is 15.4 Å². The molecule has 0 fully saturated rings. The van der Waals surface area contributed by atoms with Crippen LogP contribution in [0.3, 0.4) is 0 Å². The van der Waals surface area contributed by atoms with E-state index in [1.165, 1.54) is 0 Å². The Morgan fingerprint density at radius 3 is 3.10 bits per heavy atom. The van der Waals surface area contributed by atoms with Gasteiger partial charge in [0.15, 0.2) is 0 Å². The number of benzene rings is 1. The Balaban J connectivity index is 1.77. The van der Waals surface area contributed by atoms with Crippen LogP contribution in [0.4, 0.5) is 10.5 Å². The van der Waals surface area contributed by atoms with Gasteiger partial charge < -0.3 is 19.9 Å². The van der Waals surface area contributed by atoms with E-state index in [0.29, 0.717) is 25.4 Å². The monoisotopic (exact) mass is 274 g/mol. The molecular formula is C14H18N4O2. The molecule has 0 aliphatic heterocycles. The van der Waals surface area contributed by atoms with Gasteiger partial charge in [-0.2, -0.15) is 0 Å². The highest BCUT2D eigenvalue weighted by Crippen LogP contribution is 2.16. The molecule has 1 aromatic carbocycles. The Morgan fingerprint density at radius 2 is 2.35 bits per heavy atom. The van der Waals surface area contributed by atoms with Gasteiger partial charge in [0.1, 0.15) is 5.75 Å². The van der Waals surface area contributed by atoms with Gasteiger partial charge in [0.25, 0.3) is 0 Å². The number of carbonyl (C=O) groups excluding carboxylic acids is 1. The van der Waals surface area contributed by atoms with Gasteiger partial charge >= 0.3 is 6.03 Å². The topological polar surface area (TPSA) is 68.2 Å². The van der Waals surface area contributed by atoms with Crippen LogP contribution in [0.1, 0.15) is 6.92 Å². The van der Waals surface area contributed by atoms with E-state index in [-0.39, 0.29) is 6.03 Å². The minimum atomic E-state index is -0.237. The van der Waals surface area contributed by atoms with Gasteiger partial charge in [-0.3, -0.25) is 0 Å². The average Bonchev–Trinajstić information content (AvgIpc) is 2.93. The normalized spacial score (nSPS) is 10.1. The van der Waals surface area contributed by atoms with Crippen LogP contribution in [0.25, 0.3) is 0 Å². The van der Waals surface area contributed by atoms with Crippen molar-refractivity contribution in [3.63, 3.8) is 0 Å². The third kappa shape index (κ3) is 4.31. The molecule has 2 rings (SSSR count). The maximum atomic E-state index is 11.7. The second-order valence-electron chi connectivity index (χ2n) is 4.14. The number of urea groups is 1. The summed E-state index contributed by atoms with van der Waals surface area (Å²) >= 11 is 0. The summed E-state index contributed by atoms with van der Waals surface area (Å²) in [6, 6.07) is 7.06. The van der Waals surface area contributed by atoms with Crippen molar-refractivity contribution in [3.05, 3.63) is 43.0 Å². The fourth-order valence-corrected chi connectivity index (χ4v) is 1.72. The summed E-state index contributed by atoms with van der Waals surface area (Å²) in [6.07, 6.45) is 5.27. The highest BCUT2D eigenvalue weighted by Gasteiger charge is 2.02. The number of nitrogens with zero attached hydrogens (tertiary/aromatic N) is 2. The molecule has 0 spiro atoms. The van der Waals surface area contributed by atoms with Gasteiger partial charge in [0, 0.05) is 37.2 Å². The molecule has 0 saturated carbocycles. The zero-order chi connectivity index (χ0) is 14.2. The maximum absolute atomic E-state index is 11.7. The summed E-state index contributed by atoms with van der Waals surface area (Å²) in [5, 5.41) is 5.55. The second-order valence-corrected chi connectivity index (χ2v) is 4.14. The zero-order valence-electron chi connectivity index (χ0n) is 11.4. The molecule has 1 heterocycles. The molecule has 106 valence electrons. The van der Waals surface area contributed by atoms with Crippen LogP contribution in [-0.2, 0) is 6.54 Å². The van der Waals surface area contributed by atoms with Crippen LogP contribution in [0.2, 0.25) is 0 Å². The number of aromatic nitrogens is 2. The largest absolute Gasteiger partial charge is 0.494 e. The number of carbonyl (C=O) groups is 1. The van der Waals surface area contributed by atoms with Gasteiger partial charge in [-0.15, -0.1) is 0 Å². The minimum Gasteiger partial charge on any atom is -0.494 e. The lowest BCUT2D eigenvalue weighted by atomic mass is 10.3. The number of ether oxygens (including phenoxy) is 1. The number of amides is 2. The SMILES string of the molecule is CCOc1cccc(NC(=O)NCCn2ccnc2)c1. The molecule has 1 aromatic heterocycles. The molecule has 2 aromatic rings. The average molecular weight is 274 g/mol. The molecule has 6 heteroatoms. The molecular weight excluding hydrogens is 256 g/mol. The smallest absolute Gasteiger partial charge is 0.319 e. The first-order valence-electron chi connectivity index (χ1n) is 6.51. The third-order valence-corrected chi connectivity index (χ3v) is 2.62. The fourth-order valence-electron chi connectivity index (χ4n) is 1.72. The number of anilines is 1. The predicted molar refractivity (Wildman–Crippen MR) is 76.9 cm³/mol. The van der Waals surface area contributed by atoms with Crippen LogP contribution in [-0.4, -0.2) is 28.7 Å². The van der Waals surface area contributed by atoms with E-state index >= 15 is 0 Å². The van der Waals surface area contributed by atoms with Crippen molar-refractivity contribution in [2.75, 3.05) is 18.5 Å². The summed E-state index contributed by atoms with van der Waals surface area (Å²) in [5.74, 6) is 0.740. The Morgan fingerprint density at radius 1 is 1.45 bits per heavy atom. The van der Waals surface area contributed by atoms with E-state index in [2.05, 4.69) is 15.6 Å². The molecule has 0 bridgehead atoms. The van der Waals surface area contributed by atoms with Crippen LogP contribution in [0.5, 0.6) is 5.75 Å². The van der Waals surface area contributed by atoms with Gasteiger partial charge in [-0.25, -0.2) is 9.78 Å². The lowest BCUT2D eigenvalue weighted by Gasteiger charge is -2.09. The molecule has 6 nitrogen and oxygen atoms in total. The van der Waals surface area contributed by atoms with Crippen LogP contribution in [0.15, 0.2) is 43.0 Å². The first-order chi connectivity index (χ1) is 9.78. The summed E-state index contributed by atoms with van der Waals surface area (Å²) in [4.78, 5) is 15.7. The molecule has 0 saturated heterocycles. The van der Waals surface area contributed by atoms with E-state index < -0.39 is 0 Å². The highest BCUT2D eigenvalue weighted by molar-refractivity contribution is 5.89. The number of hydrogen-bond donors (Lipinski definition) is 2. The third-order valence-electron chi connectivity index (χ3n) is 2.62. The fraction of sp³-hybridized carbons (Fsp3) is 0.286.